The topological polar surface area (TPSA) is 60.8 Å². The number of likely N-dealkylation sites (N-methyl/N-ethyl adjacent to an activating group) is 1. The van der Waals surface area contributed by atoms with Crippen LogP contribution in [0.1, 0.15) is 45.1 Å². The minimum Gasteiger partial charge on any atom is -0.368 e. The second-order valence-corrected chi connectivity index (χ2v) is 10.2. The number of nitrogens with one attached hydrogen (secondary N) is 1. The molecule has 0 saturated heterocycles. The summed E-state index contributed by atoms with van der Waals surface area (Å²) in [7, 11) is 4.29. The first-order chi connectivity index (χ1) is 17.8. The molecule has 2 aromatic rings. The van der Waals surface area contributed by atoms with Crippen LogP contribution in [0, 0.1) is 0 Å². The quantitative estimate of drug-likeness (QED) is 0.494. The van der Waals surface area contributed by atoms with Gasteiger partial charge in [0.2, 0.25) is 0 Å². The molecule has 6 nitrogen and oxygen atoms in total. The van der Waals surface area contributed by atoms with Gasteiger partial charge in [0, 0.05) is 58.3 Å². The average Bonchev–Trinajstić information content (AvgIpc) is 2.90. The van der Waals surface area contributed by atoms with E-state index in [1.54, 1.807) is 17.3 Å². The second-order valence-electron chi connectivity index (χ2n) is 9.78. The van der Waals surface area contributed by atoms with E-state index in [0.717, 1.165) is 42.4 Å². The fourth-order valence-corrected chi connectivity index (χ4v) is 5.36. The third kappa shape index (κ3) is 6.03. The summed E-state index contributed by atoms with van der Waals surface area (Å²) in [6.45, 7) is 8.56. The molecule has 1 aromatic heterocycles. The van der Waals surface area contributed by atoms with Crippen molar-refractivity contribution in [3.8, 4) is 11.1 Å². The molecule has 1 saturated carbocycles. The molecule has 37 heavy (non-hydrogen) atoms. The van der Waals surface area contributed by atoms with E-state index in [4.69, 9.17) is 16.6 Å². The van der Waals surface area contributed by atoms with Gasteiger partial charge in [-0.2, -0.15) is 0 Å². The van der Waals surface area contributed by atoms with Crippen molar-refractivity contribution in [3.05, 3.63) is 83.4 Å². The predicted octanol–water partition coefficient (Wildman–Crippen LogP) is 5.93. The van der Waals surface area contributed by atoms with Gasteiger partial charge < -0.3 is 10.2 Å². The molecule has 1 aliphatic heterocycles. The van der Waals surface area contributed by atoms with Crippen molar-refractivity contribution in [2.75, 3.05) is 20.6 Å². The number of aliphatic imine (C=N–C) groups is 1. The normalized spacial score (nSPS) is 22.5. The Morgan fingerprint density at radius 3 is 2.59 bits per heavy atom. The monoisotopic (exact) mass is 517 g/mol. The molecule has 4 rings (SSSR count). The summed E-state index contributed by atoms with van der Waals surface area (Å²) >= 11 is 6.71. The van der Waals surface area contributed by atoms with Crippen LogP contribution >= 0.6 is 11.6 Å². The molecule has 7 heteroatoms. The molecule has 1 aromatic carbocycles. The maximum absolute atomic E-state index is 13.6. The van der Waals surface area contributed by atoms with Crippen molar-refractivity contribution in [1.29, 1.82) is 0 Å². The number of amides is 1. The minimum atomic E-state index is -0.123. The average molecular weight is 518 g/mol. The summed E-state index contributed by atoms with van der Waals surface area (Å²) in [4.78, 5) is 26.6. The lowest BCUT2D eigenvalue weighted by Crippen LogP contribution is -2.42. The van der Waals surface area contributed by atoms with Crippen LogP contribution in [0.4, 0.5) is 0 Å². The predicted molar refractivity (Wildman–Crippen MR) is 153 cm³/mol. The summed E-state index contributed by atoms with van der Waals surface area (Å²) < 4.78 is 0. The summed E-state index contributed by atoms with van der Waals surface area (Å²) in [6, 6.07) is 10.6. The first kappa shape index (κ1) is 26.8. The number of aromatic nitrogens is 1. The zero-order valence-corrected chi connectivity index (χ0v) is 22.9. The van der Waals surface area contributed by atoms with Gasteiger partial charge in [0.1, 0.15) is 11.7 Å². The molecular formula is C30H36ClN5O. The molecule has 1 N–H and O–H groups in total. The summed E-state index contributed by atoms with van der Waals surface area (Å²) in [6.07, 6.45) is 11.9. The molecule has 0 atom stereocenters. The largest absolute Gasteiger partial charge is 0.368 e. The summed E-state index contributed by atoms with van der Waals surface area (Å²) in [5.41, 5.74) is 4.04. The van der Waals surface area contributed by atoms with E-state index >= 15 is 0 Å². The highest BCUT2D eigenvalue weighted by Gasteiger charge is 2.31. The van der Waals surface area contributed by atoms with Crippen LogP contribution in [0.25, 0.3) is 16.7 Å². The number of rotatable bonds is 7. The van der Waals surface area contributed by atoms with Gasteiger partial charge >= 0.3 is 0 Å². The smallest absolute Gasteiger partial charge is 0.260 e. The lowest BCUT2D eigenvalue weighted by Gasteiger charge is -2.34. The fraction of sp³-hybridized carbons (Fsp3) is 0.367. The van der Waals surface area contributed by atoms with Gasteiger partial charge in [0.15, 0.2) is 0 Å². The molecular weight excluding hydrogens is 482 g/mol. The lowest BCUT2D eigenvalue weighted by atomic mass is 9.90. The highest BCUT2D eigenvalue weighted by atomic mass is 35.5. The number of carbonyl (C=O) groups excluding carboxylic acids is 1. The Kier molecular flexibility index (Phi) is 8.62. The van der Waals surface area contributed by atoms with Crippen LogP contribution in [0.5, 0.6) is 0 Å². The first-order valence-corrected chi connectivity index (χ1v) is 13.3. The molecule has 0 spiro atoms. The van der Waals surface area contributed by atoms with E-state index in [2.05, 4.69) is 35.9 Å². The van der Waals surface area contributed by atoms with E-state index in [0.29, 0.717) is 46.4 Å². The first-order valence-electron chi connectivity index (χ1n) is 12.9. The zero-order valence-electron chi connectivity index (χ0n) is 22.2. The van der Waals surface area contributed by atoms with Crippen molar-refractivity contribution < 1.29 is 4.79 Å². The number of carbonyl (C=O) groups is 1. The van der Waals surface area contributed by atoms with Crippen molar-refractivity contribution in [2.45, 2.75) is 51.6 Å². The standard InChI is InChI=1S/C30H36ClN5O/c1-6-21-17-27(26-15-10-22(18-28(26)31)23-9-8-16-32-19-23)30(37)36(7-2)29(21)34-20(3)33-24-11-13-25(14-12-24)35(4)5/h6,8-10,15-19,24-25,33H,3,7,11-14H2,1-2,4-5H3/b21-6-,34-29+. The number of allylic oxidation sites excluding steroid dienone is 1. The van der Waals surface area contributed by atoms with E-state index in [9.17, 15) is 4.79 Å². The van der Waals surface area contributed by atoms with Crippen molar-refractivity contribution >= 4 is 28.9 Å². The molecule has 1 fully saturated rings. The molecule has 194 valence electrons. The Balaban J connectivity index is 1.57. The van der Waals surface area contributed by atoms with Gasteiger partial charge in [-0.15, -0.1) is 0 Å². The van der Waals surface area contributed by atoms with Crippen molar-refractivity contribution in [2.24, 2.45) is 4.99 Å². The molecule has 1 amide bonds. The van der Waals surface area contributed by atoms with Gasteiger partial charge in [0.25, 0.3) is 5.91 Å². The third-order valence-electron chi connectivity index (χ3n) is 7.21. The van der Waals surface area contributed by atoms with Gasteiger partial charge in [0.05, 0.1) is 0 Å². The van der Waals surface area contributed by atoms with Gasteiger partial charge in [-0.3, -0.25) is 14.7 Å². The maximum atomic E-state index is 13.6. The number of hydrogen-bond acceptors (Lipinski definition) is 5. The molecule has 2 aliphatic rings. The van der Waals surface area contributed by atoms with Crippen LogP contribution in [0.3, 0.4) is 0 Å². The van der Waals surface area contributed by atoms with Crippen LogP contribution in [-0.4, -0.2) is 59.3 Å². The lowest BCUT2D eigenvalue weighted by molar-refractivity contribution is -0.121. The Bertz CT molecular complexity index is 1240. The highest BCUT2D eigenvalue weighted by molar-refractivity contribution is 6.37. The summed E-state index contributed by atoms with van der Waals surface area (Å²) in [5.74, 6) is 1.08. The van der Waals surface area contributed by atoms with E-state index in [1.807, 2.05) is 56.3 Å². The Hall–Kier alpha value is -3.22. The third-order valence-corrected chi connectivity index (χ3v) is 7.52. The van der Waals surface area contributed by atoms with E-state index in [1.165, 1.54) is 0 Å². The van der Waals surface area contributed by atoms with Gasteiger partial charge in [-0.1, -0.05) is 42.5 Å². The van der Waals surface area contributed by atoms with Crippen molar-refractivity contribution in [1.82, 2.24) is 20.1 Å². The minimum absolute atomic E-state index is 0.123. The number of pyridine rings is 1. The van der Waals surface area contributed by atoms with E-state index in [-0.39, 0.29) is 5.91 Å². The van der Waals surface area contributed by atoms with Crippen LogP contribution < -0.4 is 5.32 Å². The molecule has 0 unspecified atom stereocenters. The SMILES string of the molecule is C=C(/N=C1\C(=C/C)C=C(c2ccc(-c3cccnc3)cc2Cl)C(=O)N1CC)NC1CCC(N(C)C)CC1. The van der Waals surface area contributed by atoms with Gasteiger partial charge in [-0.05, 0) is 77.4 Å². The molecule has 0 radical (unpaired) electrons. The van der Waals surface area contributed by atoms with Crippen LogP contribution in [0.2, 0.25) is 5.02 Å². The number of nitrogens with zero attached hydrogens (tertiary/aromatic N) is 4. The summed E-state index contributed by atoms with van der Waals surface area (Å²) in [5, 5.41) is 4.01. The van der Waals surface area contributed by atoms with Crippen LogP contribution in [-0.2, 0) is 4.79 Å². The molecule has 0 bridgehead atoms. The zero-order chi connectivity index (χ0) is 26.5. The highest BCUT2D eigenvalue weighted by Crippen LogP contribution is 2.34. The molecule has 2 heterocycles. The second kappa shape index (κ2) is 11.9. The Morgan fingerprint density at radius 2 is 2.00 bits per heavy atom. The Labute approximate surface area is 225 Å². The van der Waals surface area contributed by atoms with Crippen LogP contribution in [0.15, 0.2) is 77.8 Å². The maximum Gasteiger partial charge on any atom is 0.260 e. The number of benzene rings is 1. The van der Waals surface area contributed by atoms with Crippen molar-refractivity contribution in [3.63, 3.8) is 0 Å². The number of amidine groups is 1. The molecule has 1 aliphatic carbocycles. The fourth-order valence-electron chi connectivity index (χ4n) is 5.08. The number of halogens is 1. The van der Waals surface area contributed by atoms with Gasteiger partial charge in [-0.25, -0.2) is 4.99 Å². The van der Waals surface area contributed by atoms with E-state index < -0.39 is 0 Å². The number of hydrogen-bond donors (Lipinski definition) is 1. The Morgan fingerprint density at radius 1 is 1.24 bits per heavy atom.